The monoisotopic (exact) mass is 340 g/mol. The van der Waals surface area contributed by atoms with Crippen molar-refractivity contribution >= 4 is 16.1 Å². The van der Waals surface area contributed by atoms with E-state index >= 15 is 0 Å². The molecule has 0 saturated heterocycles. The second-order valence-electron chi connectivity index (χ2n) is 4.84. The van der Waals surface area contributed by atoms with Crippen LogP contribution in [0.25, 0.3) is 5.69 Å². The van der Waals surface area contributed by atoms with E-state index in [9.17, 15) is 13.2 Å². The predicted molar refractivity (Wildman–Crippen MR) is 88.7 cm³/mol. The van der Waals surface area contributed by atoms with Crippen LogP contribution in [0.3, 0.4) is 0 Å². The first kappa shape index (κ1) is 18.8. The second kappa shape index (κ2) is 7.84. The van der Waals surface area contributed by atoms with E-state index in [-0.39, 0.29) is 5.69 Å². The van der Waals surface area contributed by atoms with E-state index in [1.807, 2.05) is 39.0 Å². The minimum absolute atomic E-state index is 0.321. The Labute approximate surface area is 135 Å². The topological polar surface area (TPSA) is 114 Å². The number of aryl methyl sites for hydroxylation is 2. The summed E-state index contributed by atoms with van der Waals surface area (Å²) in [5, 5.41) is 2.92. The predicted octanol–water partition coefficient (Wildman–Crippen LogP) is 1.18. The molecule has 0 spiro atoms. The number of para-hydroxylation sites is 1. The summed E-state index contributed by atoms with van der Waals surface area (Å²) in [6, 6.07) is 5.90. The van der Waals surface area contributed by atoms with Crippen LogP contribution in [-0.2, 0) is 10.1 Å². The second-order valence-corrected chi connectivity index (χ2v) is 6.30. The van der Waals surface area contributed by atoms with Crippen molar-refractivity contribution in [1.29, 1.82) is 0 Å². The molecule has 1 heterocycles. The number of hydrogen-bond acceptors (Lipinski definition) is 6. The molecule has 8 nitrogen and oxygen atoms in total. The Morgan fingerprint density at radius 2 is 1.78 bits per heavy atom. The summed E-state index contributed by atoms with van der Waals surface area (Å²) in [6.45, 7) is 6.55. The quantitative estimate of drug-likeness (QED) is 0.806. The molecule has 0 aliphatic carbocycles. The van der Waals surface area contributed by atoms with Crippen molar-refractivity contribution in [3.63, 3.8) is 0 Å². The molecule has 1 aromatic carbocycles. The van der Waals surface area contributed by atoms with Gasteiger partial charge in [0, 0.05) is 6.54 Å². The van der Waals surface area contributed by atoms with Crippen molar-refractivity contribution in [2.75, 3.05) is 18.1 Å². The molecule has 9 heteroatoms. The van der Waals surface area contributed by atoms with Gasteiger partial charge in [0.1, 0.15) is 6.33 Å². The Morgan fingerprint density at radius 3 is 2.22 bits per heavy atom. The van der Waals surface area contributed by atoms with Gasteiger partial charge in [-0.25, -0.2) is 9.78 Å². The van der Waals surface area contributed by atoms with Gasteiger partial charge in [-0.1, -0.05) is 18.2 Å². The zero-order valence-corrected chi connectivity index (χ0v) is 14.3. The molecule has 1 aromatic heterocycles. The molecule has 2 aromatic rings. The number of hydrogen-bond donors (Lipinski definition) is 2. The van der Waals surface area contributed by atoms with Crippen LogP contribution in [0.15, 0.2) is 29.3 Å². The highest BCUT2D eigenvalue weighted by Gasteiger charge is 2.08. The lowest BCUT2D eigenvalue weighted by molar-refractivity contribution is 0.490. The maximum absolute atomic E-state index is 12.0. The molecule has 0 amide bonds. The van der Waals surface area contributed by atoms with Gasteiger partial charge < -0.3 is 5.32 Å². The van der Waals surface area contributed by atoms with E-state index in [2.05, 4.69) is 15.3 Å². The zero-order chi connectivity index (χ0) is 17.6. The molecule has 0 aliphatic heterocycles. The number of anilines is 1. The highest BCUT2D eigenvalue weighted by Crippen LogP contribution is 2.16. The van der Waals surface area contributed by atoms with E-state index < -0.39 is 10.1 Å². The molecule has 0 bridgehead atoms. The molecule has 0 saturated carbocycles. The summed E-state index contributed by atoms with van der Waals surface area (Å²) < 4.78 is 27.3. The van der Waals surface area contributed by atoms with E-state index in [0.717, 1.165) is 16.8 Å². The normalized spacial score (nSPS) is 10.7. The lowest BCUT2D eigenvalue weighted by atomic mass is 10.1. The Morgan fingerprint density at radius 1 is 1.26 bits per heavy atom. The van der Waals surface area contributed by atoms with Gasteiger partial charge in [0.05, 0.1) is 11.9 Å². The fourth-order valence-corrected chi connectivity index (χ4v) is 1.92. The van der Waals surface area contributed by atoms with Crippen LogP contribution in [0.1, 0.15) is 18.1 Å². The van der Waals surface area contributed by atoms with E-state index in [1.165, 1.54) is 10.9 Å². The molecular weight excluding hydrogens is 320 g/mol. The van der Waals surface area contributed by atoms with E-state index in [4.69, 9.17) is 4.55 Å². The van der Waals surface area contributed by atoms with Crippen molar-refractivity contribution in [1.82, 2.24) is 14.5 Å². The van der Waals surface area contributed by atoms with Crippen molar-refractivity contribution < 1.29 is 13.0 Å². The molecule has 0 radical (unpaired) electrons. The lowest BCUT2D eigenvalue weighted by Gasteiger charge is -2.11. The van der Waals surface area contributed by atoms with Crippen LogP contribution in [-0.4, -0.2) is 40.3 Å². The largest absolute Gasteiger partial charge is 0.356 e. The van der Waals surface area contributed by atoms with Crippen molar-refractivity contribution in [2.45, 2.75) is 20.8 Å². The first-order chi connectivity index (χ1) is 10.6. The third-order valence-corrected chi connectivity index (χ3v) is 2.72. The number of benzene rings is 1. The minimum Gasteiger partial charge on any atom is -0.354 e. The smallest absolute Gasteiger partial charge is 0.354 e. The van der Waals surface area contributed by atoms with E-state index in [1.54, 1.807) is 0 Å². The van der Waals surface area contributed by atoms with Gasteiger partial charge in [0.2, 0.25) is 5.95 Å². The molecule has 2 rings (SSSR count). The zero-order valence-electron chi connectivity index (χ0n) is 13.4. The number of nitrogens with zero attached hydrogens (tertiary/aromatic N) is 3. The maximum atomic E-state index is 12.0. The van der Waals surface area contributed by atoms with Gasteiger partial charge in [-0.05, 0) is 31.9 Å². The highest BCUT2D eigenvalue weighted by atomic mass is 32.2. The van der Waals surface area contributed by atoms with Gasteiger partial charge in [0.15, 0.2) is 0 Å². The molecule has 126 valence electrons. The van der Waals surface area contributed by atoms with Crippen LogP contribution in [0, 0.1) is 13.8 Å². The molecule has 2 N–H and O–H groups in total. The Kier molecular flexibility index (Phi) is 6.40. The summed E-state index contributed by atoms with van der Waals surface area (Å²) in [5.41, 5.74) is 2.58. The van der Waals surface area contributed by atoms with Gasteiger partial charge in [0.25, 0.3) is 10.1 Å². The van der Waals surface area contributed by atoms with Crippen molar-refractivity contribution in [2.24, 2.45) is 0 Å². The minimum atomic E-state index is -3.67. The summed E-state index contributed by atoms with van der Waals surface area (Å²) in [7, 11) is -3.67. The SMILES string of the molecule is CCNc1ncn(-c2c(C)cccc2C)c(=O)n1.CS(=O)(=O)O. The fraction of sp³-hybridized carbons (Fsp3) is 0.357. The number of aromatic nitrogens is 3. The summed E-state index contributed by atoms with van der Waals surface area (Å²) in [5.74, 6) is 0.366. The number of nitrogens with one attached hydrogen (secondary N) is 1. The van der Waals surface area contributed by atoms with Gasteiger partial charge in [-0.2, -0.15) is 13.4 Å². The lowest BCUT2D eigenvalue weighted by Crippen LogP contribution is -2.24. The summed E-state index contributed by atoms with van der Waals surface area (Å²) in [4.78, 5) is 20.0. The van der Waals surface area contributed by atoms with Crippen LogP contribution >= 0.6 is 0 Å². The highest BCUT2D eigenvalue weighted by molar-refractivity contribution is 7.85. The third kappa shape index (κ3) is 6.17. The Bertz CT molecular complexity index is 803. The molecule has 0 atom stereocenters. The molecular formula is C14H20N4O4S. The Hall–Kier alpha value is -2.26. The number of rotatable bonds is 3. The summed E-state index contributed by atoms with van der Waals surface area (Å²) in [6.07, 6.45) is 2.23. The Balaban J connectivity index is 0.000000463. The third-order valence-electron chi connectivity index (χ3n) is 2.72. The van der Waals surface area contributed by atoms with Gasteiger partial charge in [-0.15, -0.1) is 0 Å². The maximum Gasteiger partial charge on any atom is 0.356 e. The summed E-state index contributed by atoms with van der Waals surface area (Å²) >= 11 is 0. The average Bonchev–Trinajstić information content (AvgIpc) is 2.39. The average molecular weight is 340 g/mol. The molecule has 0 unspecified atom stereocenters. The van der Waals surface area contributed by atoms with Gasteiger partial charge >= 0.3 is 5.69 Å². The fourth-order valence-electron chi connectivity index (χ4n) is 1.92. The first-order valence-corrected chi connectivity index (χ1v) is 8.67. The van der Waals surface area contributed by atoms with E-state index in [0.29, 0.717) is 18.7 Å². The van der Waals surface area contributed by atoms with Crippen LogP contribution in [0.4, 0.5) is 5.95 Å². The van der Waals surface area contributed by atoms with Gasteiger partial charge in [-0.3, -0.25) is 9.12 Å². The molecule has 23 heavy (non-hydrogen) atoms. The first-order valence-electron chi connectivity index (χ1n) is 6.82. The standard InChI is InChI=1S/C13H16N4O.CH4O3S/c1-4-14-12-15-8-17(13(18)16-12)11-9(2)6-5-7-10(11)3;1-5(2,3)4/h5-8H,4H2,1-3H3,(H,14,16,18);1H3,(H,2,3,4). The van der Waals surface area contributed by atoms with Crippen molar-refractivity contribution in [3.8, 4) is 5.69 Å². The molecule has 0 fully saturated rings. The van der Waals surface area contributed by atoms with Crippen LogP contribution in [0.2, 0.25) is 0 Å². The van der Waals surface area contributed by atoms with Crippen LogP contribution < -0.4 is 11.0 Å². The van der Waals surface area contributed by atoms with Crippen LogP contribution in [0.5, 0.6) is 0 Å². The molecule has 0 aliphatic rings. The van der Waals surface area contributed by atoms with Crippen molar-refractivity contribution in [3.05, 3.63) is 46.1 Å².